The quantitative estimate of drug-likeness (QED) is 0.0987. The number of aryl methyl sites for hydroxylation is 6. The van der Waals surface area contributed by atoms with Crippen molar-refractivity contribution in [2.45, 2.75) is 100 Å². The highest BCUT2D eigenvalue weighted by Gasteiger charge is 2.51. The number of nitrogens with zero attached hydrogens (tertiary/aromatic N) is 6. The van der Waals surface area contributed by atoms with Crippen molar-refractivity contribution in [3.63, 3.8) is 0 Å². The number of nitriles is 3. The normalized spacial score (nSPS) is 13.4. The second-order valence-corrected chi connectivity index (χ2v) is 18.5. The molecule has 1 aliphatic heterocycles. The monoisotopic (exact) mass is 988 g/mol. The zero-order valence-corrected chi connectivity index (χ0v) is 41.8. The molecule has 1 saturated heterocycles. The molecule has 8 aromatic rings. The van der Waals surface area contributed by atoms with E-state index in [1.807, 2.05) is 107 Å². The molecule has 0 unspecified atom stereocenters. The van der Waals surface area contributed by atoms with Gasteiger partial charge in [-0.25, -0.2) is 0 Å². The molecule has 9 rings (SSSR count). The van der Waals surface area contributed by atoms with Crippen molar-refractivity contribution in [1.29, 1.82) is 15.8 Å². The summed E-state index contributed by atoms with van der Waals surface area (Å²) < 4.78 is 19.4. The van der Waals surface area contributed by atoms with Gasteiger partial charge in [0, 0.05) is 58.9 Å². The second-order valence-electron chi connectivity index (χ2n) is 17.5. The lowest BCUT2D eigenvalue weighted by Crippen LogP contribution is -2.41. The molecular formula is C54H58BIN8O2. The minimum atomic E-state index is -0.300. The van der Waals surface area contributed by atoms with Crippen molar-refractivity contribution in [3.8, 4) is 29.5 Å². The molecule has 0 amide bonds. The Labute approximate surface area is 403 Å². The third-order valence-electron chi connectivity index (χ3n) is 12.4. The highest BCUT2D eigenvalue weighted by Crippen LogP contribution is 2.37. The number of nitrogens with two attached hydrogens (primary N) is 2. The van der Waals surface area contributed by atoms with Crippen molar-refractivity contribution < 1.29 is 9.31 Å². The molecule has 0 saturated carbocycles. The van der Waals surface area contributed by atoms with Gasteiger partial charge in [-0.2, -0.15) is 15.8 Å². The van der Waals surface area contributed by atoms with Gasteiger partial charge >= 0.3 is 7.12 Å². The lowest BCUT2D eigenvalue weighted by atomic mass is 9.79. The van der Waals surface area contributed by atoms with Gasteiger partial charge in [-0.05, 0) is 162 Å². The van der Waals surface area contributed by atoms with Crippen LogP contribution < -0.4 is 16.9 Å². The summed E-state index contributed by atoms with van der Waals surface area (Å²) in [6.45, 7) is 23.3. The molecule has 5 aromatic carbocycles. The third kappa shape index (κ3) is 10.00. The van der Waals surface area contributed by atoms with E-state index in [2.05, 4.69) is 126 Å². The first-order valence-corrected chi connectivity index (χ1v) is 23.3. The zero-order valence-electron chi connectivity index (χ0n) is 39.6. The number of fused-ring (bicyclic) bond motifs is 3. The summed E-state index contributed by atoms with van der Waals surface area (Å²) in [5.74, 6) is 0. The molecule has 0 radical (unpaired) electrons. The molecule has 10 nitrogen and oxygen atoms in total. The lowest BCUT2D eigenvalue weighted by molar-refractivity contribution is 0.00578. The number of rotatable bonds is 5. The summed E-state index contributed by atoms with van der Waals surface area (Å²) in [5.41, 5.74) is 24.7. The summed E-state index contributed by atoms with van der Waals surface area (Å²) in [5, 5.41) is 30.8. The molecule has 336 valence electrons. The molecule has 12 heteroatoms. The molecule has 4 N–H and O–H groups in total. The van der Waals surface area contributed by atoms with Crippen LogP contribution in [0.25, 0.3) is 44.0 Å². The largest absolute Gasteiger partial charge is 0.494 e. The fourth-order valence-electron chi connectivity index (χ4n) is 8.07. The Balaban J connectivity index is 0.000000147. The fourth-order valence-corrected chi connectivity index (χ4v) is 9.08. The molecule has 0 spiro atoms. The van der Waals surface area contributed by atoms with Crippen LogP contribution in [0.2, 0.25) is 0 Å². The standard InChI is InChI=1S/C18H17N3.C12H18BNO2.C12H11IN2.C12H12N2/c1-3-21-17-10-12(2)4-9-15(17)16(11-19)18(21)13-5-7-14(20)8-6-13;1-11(2)12(3,4)16-13(15-11)9-5-7-10(14)8-6-9;1-3-15-11-6-8(2)4-5-9(11)10(7-14)12(15)13;1-3-14-8-10(7-13)11-5-4-9(2)6-12(11)14/h4-10H,3,20H2,1-2H3;5-8H,14H2,1-4H3;4-6H,3H2,1-2H3;4-6,8H,3H2,1-2H3. The Bertz CT molecular complexity index is 3140. The Morgan fingerprint density at radius 2 is 1.03 bits per heavy atom. The number of anilines is 2. The first kappa shape index (κ1) is 48.9. The number of halogens is 1. The predicted molar refractivity (Wildman–Crippen MR) is 280 cm³/mol. The van der Waals surface area contributed by atoms with Crippen LogP contribution in [0.4, 0.5) is 11.4 Å². The van der Waals surface area contributed by atoms with E-state index in [1.54, 1.807) is 0 Å². The maximum Gasteiger partial charge on any atom is 0.494 e. The summed E-state index contributed by atoms with van der Waals surface area (Å²) >= 11 is 2.25. The van der Waals surface area contributed by atoms with Gasteiger partial charge in [-0.1, -0.05) is 60.7 Å². The summed E-state index contributed by atoms with van der Waals surface area (Å²) in [6, 6.07) is 40.8. The number of aromatic nitrogens is 3. The van der Waals surface area contributed by atoms with Gasteiger partial charge in [0.05, 0.1) is 48.3 Å². The molecule has 1 fully saturated rings. The number of hydrogen-bond donors (Lipinski definition) is 2. The van der Waals surface area contributed by atoms with Crippen LogP contribution in [0.1, 0.15) is 81.8 Å². The van der Waals surface area contributed by atoms with E-state index >= 15 is 0 Å². The number of benzene rings is 5. The highest BCUT2D eigenvalue weighted by molar-refractivity contribution is 14.1. The first-order valence-electron chi connectivity index (χ1n) is 22.2. The van der Waals surface area contributed by atoms with Crippen molar-refractivity contribution >= 4 is 79.3 Å². The van der Waals surface area contributed by atoms with Crippen LogP contribution >= 0.6 is 22.6 Å². The molecular weight excluding hydrogens is 930 g/mol. The molecule has 1 aliphatic rings. The summed E-state index contributed by atoms with van der Waals surface area (Å²) in [6.07, 6.45) is 1.92. The van der Waals surface area contributed by atoms with E-state index in [9.17, 15) is 5.26 Å². The lowest BCUT2D eigenvalue weighted by Gasteiger charge is -2.32. The number of hydrogen-bond acceptors (Lipinski definition) is 7. The minimum Gasteiger partial charge on any atom is -0.399 e. The Morgan fingerprint density at radius 3 is 1.50 bits per heavy atom. The van der Waals surface area contributed by atoms with E-state index in [0.717, 1.165) is 95.3 Å². The number of nitrogen functional groups attached to an aromatic ring is 2. The Morgan fingerprint density at radius 1 is 0.576 bits per heavy atom. The van der Waals surface area contributed by atoms with Crippen LogP contribution in [0.5, 0.6) is 0 Å². The van der Waals surface area contributed by atoms with E-state index < -0.39 is 0 Å². The van der Waals surface area contributed by atoms with Gasteiger partial charge in [0.15, 0.2) is 0 Å². The first-order chi connectivity index (χ1) is 31.4. The average molecular weight is 989 g/mol. The molecule has 0 aliphatic carbocycles. The smallest absolute Gasteiger partial charge is 0.399 e. The molecule has 0 atom stereocenters. The fraction of sp³-hybridized carbons (Fsp3) is 0.278. The third-order valence-corrected chi connectivity index (χ3v) is 13.5. The van der Waals surface area contributed by atoms with Gasteiger partial charge in [0.25, 0.3) is 0 Å². The second kappa shape index (κ2) is 20.3. The van der Waals surface area contributed by atoms with Crippen LogP contribution in [0.3, 0.4) is 0 Å². The van der Waals surface area contributed by atoms with E-state index in [4.69, 9.17) is 31.3 Å². The highest BCUT2D eigenvalue weighted by atomic mass is 127. The van der Waals surface area contributed by atoms with Crippen LogP contribution in [0, 0.1) is 58.5 Å². The van der Waals surface area contributed by atoms with Crippen molar-refractivity contribution in [1.82, 2.24) is 13.7 Å². The van der Waals surface area contributed by atoms with E-state index in [-0.39, 0.29) is 18.3 Å². The maximum absolute atomic E-state index is 9.62. The molecule has 4 heterocycles. The van der Waals surface area contributed by atoms with E-state index in [0.29, 0.717) is 0 Å². The van der Waals surface area contributed by atoms with Crippen molar-refractivity contribution in [2.24, 2.45) is 0 Å². The van der Waals surface area contributed by atoms with Crippen LogP contribution in [-0.2, 0) is 28.9 Å². The van der Waals surface area contributed by atoms with E-state index in [1.165, 1.54) is 22.2 Å². The van der Waals surface area contributed by atoms with Crippen LogP contribution in [0.15, 0.2) is 109 Å². The zero-order chi connectivity index (χ0) is 48.1. The molecule has 66 heavy (non-hydrogen) atoms. The van der Waals surface area contributed by atoms with Crippen LogP contribution in [-0.4, -0.2) is 32.0 Å². The topological polar surface area (TPSA) is 157 Å². The van der Waals surface area contributed by atoms with Gasteiger partial charge < -0.3 is 34.5 Å². The minimum absolute atomic E-state index is 0.293. The van der Waals surface area contributed by atoms with Crippen molar-refractivity contribution in [2.75, 3.05) is 11.5 Å². The Hall–Kier alpha value is -6.50. The summed E-state index contributed by atoms with van der Waals surface area (Å²) in [7, 11) is -0.300. The predicted octanol–water partition coefficient (Wildman–Crippen LogP) is 11.9. The van der Waals surface area contributed by atoms with Crippen molar-refractivity contribution in [3.05, 3.63) is 146 Å². The van der Waals surface area contributed by atoms with Gasteiger partial charge in [0.2, 0.25) is 0 Å². The average Bonchev–Trinajstić information content (AvgIpc) is 3.97. The van der Waals surface area contributed by atoms with Gasteiger partial charge in [0.1, 0.15) is 18.2 Å². The Kier molecular flexibility index (Phi) is 15.1. The SMILES string of the molecule is CC1(C)OB(c2ccc(N)cc2)OC1(C)C.CCn1c(-c2ccc(N)cc2)c(C#N)c2ccc(C)cc21.CCn1c(I)c(C#N)c2ccc(C)cc21.CCn1cc(C#N)c2ccc(C)cc21. The van der Waals surface area contributed by atoms with Gasteiger partial charge in [-0.15, -0.1) is 0 Å². The molecule has 3 aromatic heterocycles. The summed E-state index contributed by atoms with van der Waals surface area (Å²) in [4.78, 5) is 0. The maximum atomic E-state index is 9.62. The molecule has 0 bridgehead atoms. The van der Waals surface area contributed by atoms with Gasteiger partial charge in [-0.3, -0.25) is 0 Å².